The molecule has 1 rings (SSSR count). The van der Waals surface area contributed by atoms with Crippen LogP contribution in [-0.2, 0) is 14.8 Å². The van der Waals surface area contributed by atoms with Crippen LogP contribution in [-0.4, -0.2) is 31.2 Å². The van der Waals surface area contributed by atoms with Crippen LogP contribution in [0, 0.1) is 0 Å². The van der Waals surface area contributed by atoms with Crippen molar-refractivity contribution in [3.8, 4) is 0 Å². The zero-order valence-corrected chi connectivity index (χ0v) is 8.72. The fraction of sp³-hybridized carbons (Fsp3) is 0.200. The number of nitrogens with one attached hydrogen (secondary N) is 1. The first-order valence-corrected chi connectivity index (χ1v) is 5.55. The van der Waals surface area contributed by atoms with E-state index < -0.39 is 10.0 Å². The Morgan fingerprint density at radius 3 is 2.71 bits per heavy atom. The molecule has 1 aromatic heterocycles. The van der Waals surface area contributed by atoms with Gasteiger partial charge in [0.15, 0.2) is 0 Å². The standard InChI is InChI=1S/C5H6N4O3S2/c1-3(10)7-4-8-9-5(13-4)14(11,12)6-2/h2H2,1H3,(H,7,8,10). The first-order valence-electron chi connectivity index (χ1n) is 3.30. The topological polar surface area (TPSA) is 101 Å². The highest BCUT2D eigenvalue weighted by Gasteiger charge is 2.18. The lowest BCUT2D eigenvalue weighted by Gasteiger charge is -1.90. The van der Waals surface area contributed by atoms with Gasteiger partial charge in [0.2, 0.25) is 11.0 Å². The van der Waals surface area contributed by atoms with E-state index in [0.717, 1.165) is 0 Å². The molecule has 1 aromatic rings. The monoisotopic (exact) mass is 234 g/mol. The van der Waals surface area contributed by atoms with E-state index in [2.05, 4.69) is 26.6 Å². The minimum Gasteiger partial charge on any atom is -0.301 e. The summed E-state index contributed by atoms with van der Waals surface area (Å²) in [6.07, 6.45) is 0. The Morgan fingerprint density at radius 2 is 2.21 bits per heavy atom. The molecule has 0 radical (unpaired) electrons. The molecule has 0 aliphatic rings. The second-order valence-corrected chi connectivity index (χ2v) is 4.99. The van der Waals surface area contributed by atoms with Crippen LogP contribution >= 0.6 is 11.3 Å². The van der Waals surface area contributed by atoms with Gasteiger partial charge >= 0.3 is 10.0 Å². The van der Waals surface area contributed by atoms with Gasteiger partial charge in [0, 0.05) is 13.6 Å². The normalized spacial score (nSPS) is 10.9. The molecule has 76 valence electrons. The lowest BCUT2D eigenvalue weighted by molar-refractivity contribution is -0.114. The molecule has 0 fully saturated rings. The summed E-state index contributed by atoms with van der Waals surface area (Å²) >= 11 is 0.717. The minimum absolute atomic E-state index is 0.111. The number of sulfonamides is 1. The van der Waals surface area contributed by atoms with Crippen LogP contribution in [0.5, 0.6) is 0 Å². The van der Waals surface area contributed by atoms with Crippen molar-refractivity contribution in [2.24, 2.45) is 4.40 Å². The molecule has 0 spiro atoms. The van der Waals surface area contributed by atoms with Crippen LogP contribution < -0.4 is 5.32 Å². The van der Waals surface area contributed by atoms with Crippen LogP contribution in [0.4, 0.5) is 5.13 Å². The van der Waals surface area contributed by atoms with Crippen molar-refractivity contribution < 1.29 is 13.2 Å². The highest BCUT2D eigenvalue weighted by atomic mass is 32.2. The minimum atomic E-state index is -3.81. The van der Waals surface area contributed by atoms with E-state index in [0.29, 0.717) is 11.3 Å². The Balaban J connectivity index is 3.00. The third kappa shape index (κ3) is 2.33. The molecule has 0 saturated carbocycles. The summed E-state index contributed by atoms with van der Waals surface area (Å²) in [4.78, 5) is 10.6. The van der Waals surface area contributed by atoms with Gasteiger partial charge in [0.1, 0.15) is 0 Å². The average molecular weight is 234 g/mol. The van der Waals surface area contributed by atoms with E-state index >= 15 is 0 Å². The van der Waals surface area contributed by atoms with Crippen molar-refractivity contribution in [1.82, 2.24) is 10.2 Å². The van der Waals surface area contributed by atoms with Gasteiger partial charge in [-0.2, -0.15) is 12.8 Å². The Bertz CT molecular complexity index is 463. The number of hydrogen-bond donors (Lipinski definition) is 1. The van der Waals surface area contributed by atoms with Gasteiger partial charge in [-0.05, 0) is 0 Å². The van der Waals surface area contributed by atoms with Gasteiger partial charge in [0.25, 0.3) is 4.34 Å². The van der Waals surface area contributed by atoms with Gasteiger partial charge in [-0.3, -0.25) is 4.79 Å². The maximum atomic E-state index is 11.1. The van der Waals surface area contributed by atoms with Crippen LogP contribution in [0.25, 0.3) is 0 Å². The number of hydrogen-bond acceptors (Lipinski definition) is 6. The molecule has 14 heavy (non-hydrogen) atoms. The first kappa shape index (κ1) is 10.7. The summed E-state index contributed by atoms with van der Waals surface area (Å²) in [5.41, 5.74) is 0. The highest BCUT2D eigenvalue weighted by molar-refractivity contribution is 7.92. The largest absolute Gasteiger partial charge is 0.311 e. The van der Waals surface area contributed by atoms with Crippen molar-refractivity contribution in [1.29, 1.82) is 0 Å². The van der Waals surface area contributed by atoms with Crippen molar-refractivity contribution >= 4 is 39.1 Å². The van der Waals surface area contributed by atoms with E-state index in [-0.39, 0.29) is 15.4 Å². The van der Waals surface area contributed by atoms with E-state index in [9.17, 15) is 13.2 Å². The van der Waals surface area contributed by atoms with Crippen molar-refractivity contribution in [3.05, 3.63) is 0 Å². The molecular formula is C5H6N4O3S2. The molecular weight excluding hydrogens is 228 g/mol. The zero-order chi connectivity index (χ0) is 10.8. The lowest BCUT2D eigenvalue weighted by Crippen LogP contribution is -2.04. The highest BCUT2D eigenvalue weighted by Crippen LogP contribution is 2.20. The fourth-order valence-electron chi connectivity index (χ4n) is 0.570. The molecule has 0 aromatic carbocycles. The average Bonchev–Trinajstić information content (AvgIpc) is 2.52. The van der Waals surface area contributed by atoms with Crippen molar-refractivity contribution in [3.63, 3.8) is 0 Å². The van der Waals surface area contributed by atoms with Crippen LogP contribution in [0.15, 0.2) is 8.74 Å². The Labute approximate surface area is 83.9 Å². The van der Waals surface area contributed by atoms with Crippen LogP contribution in [0.3, 0.4) is 0 Å². The third-order valence-corrected chi connectivity index (χ3v) is 3.46. The number of nitrogens with zero attached hydrogens (tertiary/aromatic N) is 3. The summed E-state index contributed by atoms with van der Waals surface area (Å²) in [5, 5.41) is 9.20. The van der Waals surface area contributed by atoms with E-state index in [1.165, 1.54) is 6.92 Å². The molecule has 7 nitrogen and oxygen atoms in total. The second-order valence-electron chi connectivity index (χ2n) is 2.16. The van der Waals surface area contributed by atoms with E-state index in [1.54, 1.807) is 0 Å². The van der Waals surface area contributed by atoms with E-state index in [1.807, 2.05) is 0 Å². The quantitative estimate of drug-likeness (QED) is 0.580. The first-order chi connectivity index (χ1) is 6.45. The summed E-state index contributed by atoms with van der Waals surface area (Å²) in [6, 6.07) is 0. The number of amides is 1. The number of aromatic nitrogens is 2. The predicted octanol–water partition coefficient (Wildman–Crippen LogP) is -0.114. The molecule has 1 heterocycles. The summed E-state index contributed by atoms with van der Waals surface area (Å²) in [7, 11) is -3.81. The van der Waals surface area contributed by atoms with Crippen LogP contribution in [0.2, 0.25) is 0 Å². The van der Waals surface area contributed by atoms with Gasteiger partial charge in [0.05, 0.1) is 0 Å². The smallest absolute Gasteiger partial charge is 0.301 e. The van der Waals surface area contributed by atoms with E-state index in [4.69, 9.17) is 0 Å². The number of carbonyl (C=O) groups excluding carboxylic acids is 1. The molecule has 0 saturated heterocycles. The predicted molar refractivity (Wildman–Crippen MR) is 50.9 cm³/mol. The summed E-state index contributed by atoms with van der Waals surface area (Å²) < 4.78 is 24.7. The van der Waals surface area contributed by atoms with Gasteiger partial charge < -0.3 is 5.32 Å². The van der Waals surface area contributed by atoms with Gasteiger partial charge in [-0.1, -0.05) is 11.3 Å². The zero-order valence-electron chi connectivity index (χ0n) is 7.09. The van der Waals surface area contributed by atoms with Gasteiger partial charge in [-0.15, -0.1) is 10.2 Å². The Kier molecular flexibility index (Phi) is 2.91. The lowest BCUT2D eigenvalue weighted by atomic mass is 10.7. The Hall–Kier alpha value is -1.35. The Morgan fingerprint density at radius 1 is 1.57 bits per heavy atom. The van der Waals surface area contributed by atoms with Crippen molar-refractivity contribution in [2.75, 3.05) is 5.32 Å². The molecule has 0 aliphatic heterocycles. The maximum absolute atomic E-state index is 11.1. The molecule has 1 N–H and O–H groups in total. The number of rotatable bonds is 3. The van der Waals surface area contributed by atoms with Crippen LogP contribution in [0.1, 0.15) is 6.92 Å². The summed E-state index contributed by atoms with van der Waals surface area (Å²) in [5.74, 6) is -0.350. The third-order valence-electron chi connectivity index (χ3n) is 1.08. The number of carbonyl (C=O) groups is 1. The fourth-order valence-corrected chi connectivity index (χ4v) is 2.16. The SMILES string of the molecule is C=NS(=O)(=O)c1nnc(NC(C)=O)s1. The van der Waals surface area contributed by atoms with Crippen molar-refractivity contribution in [2.45, 2.75) is 11.3 Å². The number of anilines is 1. The molecule has 0 unspecified atom stereocenters. The second kappa shape index (κ2) is 3.80. The molecule has 1 amide bonds. The molecule has 0 aliphatic carbocycles. The summed E-state index contributed by atoms with van der Waals surface area (Å²) in [6.45, 7) is 4.17. The maximum Gasteiger partial charge on any atom is 0.311 e. The molecule has 9 heteroatoms. The molecule has 0 atom stereocenters. The van der Waals surface area contributed by atoms with Gasteiger partial charge in [-0.25, -0.2) is 0 Å². The molecule has 0 bridgehead atoms.